The molecule has 0 amide bonds. The molecule has 3 rings (SSSR count). The summed E-state index contributed by atoms with van der Waals surface area (Å²) in [6, 6.07) is 14.5. The summed E-state index contributed by atoms with van der Waals surface area (Å²) in [5, 5.41) is 3.33. The van der Waals surface area contributed by atoms with Crippen LogP contribution >= 0.6 is 0 Å². The Morgan fingerprint density at radius 2 is 1.55 bits per heavy atom. The topological polar surface area (TPSA) is 83.6 Å². The highest BCUT2D eigenvalue weighted by molar-refractivity contribution is 7.91. The lowest BCUT2D eigenvalue weighted by atomic mass is 9.72. The number of anilines is 1. The number of sulfone groups is 2. The summed E-state index contributed by atoms with van der Waals surface area (Å²) in [5.41, 5.74) is 1.56. The van der Waals surface area contributed by atoms with Gasteiger partial charge in [-0.2, -0.15) is 0 Å². The van der Waals surface area contributed by atoms with Crippen molar-refractivity contribution in [1.29, 1.82) is 0 Å². The van der Waals surface area contributed by atoms with E-state index in [1.807, 2.05) is 18.2 Å². The van der Waals surface area contributed by atoms with Crippen LogP contribution in [-0.4, -0.2) is 60.9 Å². The van der Waals surface area contributed by atoms with Crippen LogP contribution in [0.2, 0.25) is 0 Å². The highest BCUT2D eigenvalue weighted by Gasteiger charge is 2.35. The Morgan fingerprint density at radius 3 is 2.10 bits per heavy atom. The summed E-state index contributed by atoms with van der Waals surface area (Å²) in [5.74, 6) is 0. The molecule has 1 aliphatic heterocycles. The van der Waals surface area contributed by atoms with Crippen molar-refractivity contribution in [3.63, 3.8) is 0 Å². The second-order valence-corrected chi connectivity index (χ2v) is 12.0. The Bertz CT molecular complexity index is 1070. The Balaban J connectivity index is 1.96. The van der Waals surface area contributed by atoms with Crippen LogP contribution < -0.4 is 5.32 Å². The van der Waals surface area contributed by atoms with E-state index in [9.17, 15) is 16.8 Å². The molecular formula is C21H28N2O4S2. The molecule has 0 spiro atoms. The van der Waals surface area contributed by atoms with Gasteiger partial charge in [0, 0.05) is 24.5 Å². The molecule has 0 aliphatic carbocycles. The molecule has 0 saturated carbocycles. The largest absolute Gasteiger partial charge is 0.383 e. The zero-order valence-corrected chi connectivity index (χ0v) is 18.7. The zero-order valence-electron chi connectivity index (χ0n) is 17.1. The van der Waals surface area contributed by atoms with Crippen molar-refractivity contribution >= 4 is 25.4 Å². The van der Waals surface area contributed by atoms with Gasteiger partial charge in [-0.25, -0.2) is 16.8 Å². The van der Waals surface area contributed by atoms with Crippen molar-refractivity contribution < 1.29 is 16.8 Å². The molecule has 2 aromatic rings. The lowest BCUT2D eigenvalue weighted by Crippen LogP contribution is -2.45. The SMILES string of the molecule is CN1CCC(CNc2ccc(S(C)(=O)=O)cc2S(C)(=O)=O)(c2ccccc2)CC1. The first-order valence-electron chi connectivity index (χ1n) is 9.53. The van der Waals surface area contributed by atoms with E-state index in [0.717, 1.165) is 38.4 Å². The number of hydrogen-bond acceptors (Lipinski definition) is 6. The van der Waals surface area contributed by atoms with E-state index in [1.54, 1.807) is 6.07 Å². The van der Waals surface area contributed by atoms with Gasteiger partial charge in [-0.05, 0) is 56.7 Å². The fraction of sp³-hybridized carbons (Fsp3) is 0.429. The molecule has 29 heavy (non-hydrogen) atoms. The second-order valence-electron chi connectivity index (χ2n) is 8.01. The number of likely N-dealkylation sites (tertiary alicyclic amines) is 1. The highest BCUT2D eigenvalue weighted by atomic mass is 32.2. The molecule has 1 saturated heterocycles. The zero-order chi connectivity index (χ0) is 21.3. The predicted octanol–water partition coefficient (Wildman–Crippen LogP) is 2.57. The summed E-state index contributed by atoms with van der Waals surface area (Å²) >= 11 is 0. The number of benzene rings is 2. The molecule has 8 heteroatoms. The Morgan fingerprint density at radius 1 is 0.931 bits per heavy atom. The monoisotopic (exact) mass is 436 g/mol. The maximum Gasteiger partial charge on any atom is 0.177 e. The van der Waals surface area contributed by atoms with Crippen LogP contribution in [0.5, 0.6) is 0 Å². The minimum absolute atomic E-state index is 0.000499. The molecule has 1 N–H and O–H groups in total. The van der Waals surface area contributed by atoms with Crippen LogP contribution in [0.15, 0.2) is 58.3 Å². The molecule has 0 atom stereocenters. The Labute approximate surface area is 173 Å². The molecule has 1 fully saturated rings. The fourth-order valence-corrected chi connectivity index (χ4v) is 5.46. The minimum atomic E-state index is -3.60. The van der Waals surface area contributed by atoms with Gasteiger partial charge in [0.05, 0.1) is 15.5 Å². The molecule has 158 valence electrons. The summed E-state index contributed by atoms with van der Waals surface area (Å²) in [4.78, 5) is 2.31. The molecule has 0 aromatic heterocycles. The van der Waals surface area contributed by atoms with E-state index in [1.165, 1.54) is 17.7 Å². The molecule has 0 radical (unpaired) electrons. The summed E-state index contributed by atoms with van der Waals surface area (Å²) in [6.45, 7) is 2.50. The Hall–Kier alpha value is -1.90. The van der Waals surface area contributed by atoms with Crippen LogP contribution in [0.1, 0.15) is 18.4 Å². The summed E-state index contributed by atoms with van der Waals surface area (Å²) in [6.07, 6.45) is 4.08. The van der Waals surface area contributed by atoms with Crippen molar-refractivity contribution in [2.24, 2.45) is 0 Å². The third-order valence-corrected chi connectivity index (χ3v) is 7.98. The number of nitrogens with zero attached hydrogens (tertiary/aromatic N) is 1. The number of piperidine rings is 1. The smallest absolute Gasteiger partial charge is 0.177 e. The molecule has 1 heterocycles. The van der Waals surface area contributed by atoms with Crippen LogP contribution in [-0.2, 0) is 25.1 Å². The highest BCUT2D eigenvalue weighted by Crippen LogP contribution is 2.36. The lowest BCUT2D eigenvalue weighted by molar-refractivity contribution is 0.195. The molecule has 6 nitrogen and oxygen atoms in total. The first kappa shape index (κ1) is 21.8. The van der Waals surface area contributed by atoms with Gasteiger partial charge in [0.25, 0.3) is 0 Å². The lowest BCUT2D eigenvalue weighted by Gasteiger charge is -2.41. The van der Waals surface area contributed by atoms with Crippen molar-refractivity contribution in [3.05, 3.63) is 54.1 Å². The standard InChI is InChI=1S/C21H28N2O4S2/c1-23-13-11-21(12-14-23,17-7-5-4-6-8-17)16-22-19-10-9-18(28(2,24)25)15-20(19)29(3,26)27/h4-10,15,22H,11-14,16H2,1-3H3. The third-order valence-electron chi connectivity index (χ3n) is 5.73. The summed E-state index contributed by atoms with van der Waals surface area (Å²) < 4.78 is 48.4. The third kappa shape index (κ3) is 4.99. The normalized spacial score (nSPS) is 17.8. The maximum atomic E-state index is 12.3. The van der Waals surface area contributed by atoms with E-state index >= 15 is 0 Å². The van der Waals surface area contributed by atoms with E-state index < -0.39 is 19.7 Å². The predicted molar refractivity (Wildman–Crippen MR) is 116 cm³/mol. The van der Waals surface area contributed by atoms with Crippen molar-refractivity contribution in [1.82, 2.24) is 4.90 Å². The average Bonchev–Trinajstić information content (AvgIpc) is 2.67. The van der Waals surface area contributed by atoms with Crippen LogP contribution in [0.25, 0.3) is 0 Å². The quantitative estimate of drug-likeness (QED) is 0.749. The number of nitrogens with one attached hydrogen (secondary N) is 1. The van der Waals surface area contributed by atoms with Gasteiger partial charge in [-0.3, -0.25) is 0 Å². The van der Waals surface area contributed by atoms with Gasteiger partial charge >= 0.3 is 0 Å². The maximum absolute atomic E-state index is 12.3. The summed E-state index contributed by atoms with van der Waals surface area (Å²) in [7, 11) is -4.99. The number of rotatable bonds is 6. The molecule has 1 aliphatic rings. The molecule has 0 unspecified atom stereocenters. The van der Waals surface area contributed by atoms with Crippen LogP contribution in [0.4, 0.5) is 5.69 Å². The molecular weight excluding hydrogens is 408 g/mol. The van der Waals surface area contributed by atoms with Crippen molar-refractivity contribution in [2.45, 2.75) is 28.0 Å². The van der Waals surface area contributed by atoms with Gasteiger partial charge in [0.2, 0.25) is 0 Å². The second kappa shape index (κ2) is 8.08. The fourth-order valence-electron chi connectivity index (χ4n) is 3.86. The van der Waals surface area contributed by atoms with Gasteiger partial charge in [0.1, 0.15) is 0 Å². The average molecular weight is 437 g/mol. The van der Waals surface area contributed by atoms with Crippen molar-refractivity contribution in [2.75, 3.05) is 44.5 Å². The first-order chi connectivity index (χ1) is 13.5. The van der Waals surface area contributed by atoms with E-state index in [2.05, 4.69) is 29.4 Å². The van der Waals surface area contributed by atoms with Gasteiger partial charge < -0.3 is 10.2 Å². The van der Waals surface area contributed by atoms with E-state index in [0.29, 0.717) is 12.2 Å². The minimum Gasteiger partial charge on any atom is -0.383 e. The van der Waals surface area contributed by atoms with Gasteiger partial charge in [-0.15, -0.1) is 0 Å². The molecule has 0 bridgehead atoms. The van der Waals surface area contributed by atoms with Crippen molar-refractivity contribution in [3.8, 4) is 0 Å². The molecule has 2 aromatic carbocycles. The van der Waals surface area contributed by atoms with E-state index in [4.69, 9.17) is 0 Å². The first-order valence-corrected chi connectivity index (χ1v) is 13.3. The van der Waals surface area contributed by atoms with Gasteiger partial charge in [-0.1, -0.05) is 30.3 Å². The Kier molecular flexibility index (Phi) is 6.08. The van der Waals surface area contributed by atoms with Crippen LogP contribution in [0, 0.1) is 0 Å². The van der Waals surface area contributed by atoms with Gasteiger partial charge in [0.15, 0.2) is 19.7 Å². The van der Waals surface area contributed by atoms with E-state index in [-0.39, 0.29) is 15.2 Å². The number of hydrogen-bond donors (Lipinski definition) is 1. The van der Waals surface area contributed by atoms with Crippen LogP contribution in [0.3, 0.4) is 0 Å².